The van der Waals surface area contributed by atoms with E-state index in [0.29, 0.717) is 23.6 Å². The van der Waals surface area contributed by atoms with E-state index < -0.39 is 17.4 Å². The number of hydrogen-bond acceptors (Lipinski definition) is 3. The molecule has 116 valence electrons. The molecule has 1 aromatic carbocycles. The molecule has 0 bridgehead atoms. The third-order valence-electron chi connectivity index (χ3n) is 3.16. The molecule has 1 aliphatic rings. The molecule has 7 heteroatoms. The third-order valence-corrected chi connectivity index (χ3v) is 4.39. The van der Waals surface area contributed by atoms with Gasteiger partial charge in [-0.05, 0) is 0 Å². The van der Waals surface area contributed by atoms with Gasteiger partial charge in [0.1, 0.15) is 0 Å². The molecule has 2 atom stereocenters. The van der Waals surface area contributed by atoms with Gasteiger partial charge in [-0.2, -0.15) is 11.8 Å². The summed E-state index contributed by atoms with van der Waals surface area (Å²) in [6, 6.07) is 1.74. The topological polar surface area (TPSA) is 41.6 Å². The number of rotatable bonds is 2. The molecule has 1 fully saturated rings. The molecule has 1 N–H and O–H groups in total. The van der Waals surface area contributed by atoms with Gasteiger partial charge < -0.3 is 15.0 Å². The van der Waals surface area contributed by atoms with Crippen LogP contribution in [-0.4, -0.2) is 41.6 Å². The number of hydrogen-bond donors (Lipinski definition) is 1. The van der Waals surface area contributed by atoms with E-state index in [-0.39, 0.29) is 11.7 Å². The fourth-order valence-corrected chi connectivity index (χ4v) is 3.70. The van der Waals surface area contributed by atoms with Gasteiger partial charge in [-0.15, -0.1) is 0 Å². The lowest BCUT2D eigenvalue weighted by molar-refractivity contribution is 0.211. The summed E-state index contributed by atoms with van der Waals surface area (Å²) in [6.07, 6.45) is 0. The minimum Gasteiger partial charge on any atom is -0.491 e. The summed E-state index contributed by atoms with van der Waals surface area (Å²) in [5.41, 5.74) is 0.0781. The molecule has 21 heavy (non-hydrogen) atoms. The normalized spacial score (nSPS) is 22.0. The minimum absolute atomic E-state index is 0.0781. The number of carbonyl (C=O) groups excluding carboxylic acids is 1. The highest BCUT2D eigenvalue weighted by Crippen LogP contribution is 2.27. The quantitative estimate of drug-likeness (QED) is 0.910. The molecular formula is C14H18F2N2O2S. The Morgan fingerprint density at radius 3 is 2.29 bits per heavy atom. The maximum atomic E-state index is 13.6. The predicted octanol–water partition coefficient (Wildman–Crippen LogP) is 3.33. The second-order valence-electron chi connectivity index (χ2n) is 5.07. The molecule has 2 unspecified atom stereocenters. The monoisotopic (exact) mass is 316 g/mol. The minimum atomic E-state index is -0.844. The lowest BCUT2D eigenvalue weighted by Gasteiger charge is -2.34. The lowest BCUT2D eigenvalue weighted by Crippen LogP contribution is -2.46. The number of nitrogens with one attached hydrogen (secondary N) is 1. The van der Waals surface area contributed by atoms with Crippen LogP contribution in [0.4, 0.5) is 19.3 Å². The van der Waals surface area contributed by atoms with Gasteiger partial charge in [0.25, 0.3) is 0 Å². The van der Waals surface area contributed by atoms with E-state index in [0.717, 1.165) is 12.1 Å². The maximum absolute atomic E-state index is 13.6. The van der Waals surface area contributed by atoms with E-state index in [2.05, 4.69) is 10.1 Å². The van der Waals surface area contributed by atoms with Gasteiger partial charge in [-0.1, -0.05) is 13.8 Å². The van der Waals surface area contributed by atoms with Crippen LogP contribution in [0.25, 0.3) is 0 Å². The zero-order valence-electron chi connectivity index (χ0n) is 12.2. The molecule has 1 saturated heterocycles. The fourth-order valence-electron chi connectivity index (χ4n) is 2.37. The largest absolute Gasteiger partial charge is 0.491 e. The van der Waals surface area contributed by atoms with Crippen LogP contribution < -0.4 is 10.1 Å². The van der Waals surface area contributed by atoms with Crippen molar-refractivity contribution in [3.63, 3.8) is 0 Å². The summed E-state index contributed by atoms with van der Waals surface area (Å²) < 4.78 is 31.8. The second-order valence-corrected chi connectivity index (χ2v) is 6.95. The van der Waals surface area contributed by atoms with Crippen molar-refractivity contribution in [2.75, 3.05) is 25.5 Å². The molecule has 0 spiro atoms. The highest BCUT2D eigenvalue weighted by molar-refractivity contribution is 8.00. The molecule has 1 heterocycles. The Kier molecular flexibility index (Phi) is 4.92. The average molecular weight is 316 g/mol. The Labute approximate surface area is 126 Å². The molecule has 2 amide bonds. The Balaban J connectivity index is 2.09. The number of urea groups is 1. The van der Waals surface area contributed by atoms with Gasteiger partial charge in [-0.3, -0.25) is 0 Å². The van der Waals surface area contributed by atoms with Gasteiger partial charge in [0.15, 0.2) is 17.4 Å². The van der Waals surface area contributed by atoms with Crippen molar-refractivity contribution in [3.05, 3.63) is 23.8 Å². The Morgan fingerprint density at radius 1 is 1.29 bits per heavy atom. The molecule has 0 aliphatic carbocycles. The molecule has 4 nitrogen and oxygen atoms in total. The SMILES string of the molecule is COc1c(F)cc(NC(=O)N2CC(C)SC(C)C2)cc1F. The molecule has 1 aliphatic heterocycles. The summed E-state index contributed by atoms with van der Waals surface area (Å²) in [5.74, 6) is -2.14. The summed E-state index contributed by atoms with van der Waals surface area (Å²) in [4.78, 5) is 13.8. The Hall–Kier alpha value is -1.50. The van der Waals surface area contributed by atoms with Gasteiger partial charge in [0.2, 0.25) is 0 Å². The first kappa shape index (κ1) is 15.9. The van der Waals surface area contributed by atoms with Gasteiger partial charge in [-0.25, -0.2) is 13.6 Å². The zero-order valence-corrected chi connectivity index (χ0v) is 13.0. The number of halogens is 2. The predicted molar refractivity (Wildman–Crippen MR) is 80.0 cm³/mol. The van der Waals surface area contributed by atoms with E-state index >= 15 is 0 Å². The van der Waals surface area contributed by atoms with Crippen molar-refractivity contribution >= 4 is 23.5 Å². The Morgan fingerprint density at radius 2 is 1.81 bits per heavy atom. The lowest BCUT2D eigenvalue weighted by atomic mass is 10.2. The average Bonchev–Trinajstić information content (AvgIpc) is 2.37. The molecule has 0 radical (unpaired) electrons. The maximum Gasteiger partial charge on any atom is 0.321 e. The van der Waals surface area contributed by atoms with Crippen LogP contribution >= 0.6 is 11.8 Å². The van der Waals surface area contributed by atoms with Crippen molar-refractivity contribution in [2.45, 2.75) is 24.3 Å². The summed E-state index contributed by atoms with van der Waals surface area (Å²) in [5, 5.41) is 3.20. The van der Waals surface area contributed by atoms with E-state index in [1.807, 2.05) is 25.6 Å². The molecule has 0 saturated carbocycles. The number of ether oxygens (including phenoxy) is 1. The van der Waals surface area contributed by atoms with E-state index in [1.165, 1.54) is 7.11 Å². The van der Waals surface area contributed by atoms with Crippen molar-refractivity contribution in [1.82, 2.24) is 4.90 Å². The standard InChI is InChI=1S/C14H18F2N2O2S/c1-8-6-18(7-9(2)21-8)14(19)17-10-4-11(15)13(20-3)12(16)5-10/h4-5,8-9H,6-7H2,1-3H3,(H,17,19). The highest BCUT2D eigenvalue weighted by Gasteiger charge is 2.26. The van der Waals surface area contributed by atoms with Crippen LogP contribution in [0, 0.1) is 11.6 Å². The van der Waals surface area contributed by atoms with Gasteiger partial charge in [0.05, 0.1) is 7.11 Å². The van der Waals surface area contributed by atoms with Crippen molar-refractivity contribution in [1.29, 1.82) is 0 Å². The van der Waals surface area contributed by atoms with E-state index in [9.17, 15) is 13.6 Å². The molecule has 0 aromatic heterocycles. The van der Waals surface area contributed by atoms with Crippen LogP contribution in [0.2, 0.25) is 0 Å². The summed E-state index contributed by atoms with van der Waals surface area (Å²) in [7, 11) is 1.19. The smallest absolute Gasteiger partial charge is 0.321 e. The first-order valence-electron chi connectivity index (χ1n) is 6.65. The van der Waals surface area contributed by atoms with E-state index in [4.69, 9.17) is 0 Å². The number of anilines is 1. The highest BCUT2D eigenvalue weighted by atomic mass is 32.2. The van der Waals surface area contributed by atoms with E-state index in [1.54, 1.807) is 4.90 Å². The van der Waals surface area contributed by atoms with Crippen molar-refractivity contribution in [2.24, 2.45) is 0 Å². The first-order chi connectivity index (χ1) is 9.90. The van der Waals surface area contributed by atoms with Crippen molar-refractivity contribution in [3.8, 4) is 5.75 Å². The van der Waals surface area contributed by atoms with Gasteiger partial charge in [0, 0.05) is 41.4 Å². The Bertz CT molecular complexity index is 509. The zero-order chi connectivity index (χ0) is 15.6. The van der Waals surface area contributed by atoms with Crippen LogP contribution in [0.15, 0.2) is 12.1 Å². The number of methoxy groups -OCH3 is 1. The van der Waals surface area contributed by atoms with Crippen LogP contribution in [0.1, 0.15) is 13.8 Å². The van der Waals surface area contributed by atoms with Crippen molar-refractivity contribution < 1.29 is 18.3 Å². The molecular weight excluding hydrogens is 298 g/mol. The number of benzene rings is 1. The molecule has 1 aromatic rings. The van der Waals surface area contributed by atoms with Crippen LogP contribution in [-0.2, 0) is 0 Å². The summed E-state index contributed by atoms with van der Waals surface area (Å²) in [6.45, 7) is 5.32. The number of carbonyl (C=O) groups is 1. The first-order valence-corrected chi connectivity index (χ1v) is 7.59. The number of thioether (sulfide) groups is 1. The number of amides is 2. The number of nitrogens with zero attached hydrogens (tertiary/aromatic N) is 1. The fraction of sp³-hybridized carbons (Fsp3) is 0.500. The molecule has 2 rings (SSSR count). The summed E-state index contributed by atoms with van der Waals surface area (Å²) >= 11 is 1.82. The van der Waals surface area contributed by atoms with Crippen LogP contribution in [0.5, 0.6) is 5.75 Å². The van der Waals surface area contributed by atoms with Gasteiger partial charge >= 0.3 is 6.03 Å². The second kappa shape index (κ2) is 6.51. The van der Waals surface area contributed by atoms with Crippen LogP contribution in [0.3, 0.4) is 0 Å². The third kappa shape index (κ3) is 3.78.